The number of carboxylic acid groups (broad SMARTS) is 1. The number of carboxylic acids is 1. The van der Waals surface area contributed by atoms with Gasteiger partial charge in [0.25, 0.3) is 0 Å². The fourth-order valence-corrected chi connectivity index (χ4v) is 1.15. The lowest BCUT2D eigenvalue weighted by Gasteiger charge is -2.21. The van der Waals surface area contributed by atoms with Gasteiger partial charge in [0, 0.05) is 11.3 Å². The van der Waals surface area contributed by atoms with Crippen molar-refractivity contribution in [2.45, 2.75) is 44.4 Å². The monoisotopic (exact) mass is 216 g/mol. The van der Waals surface area contributed by atoms with Crippen molar-refractivity contribution in [3.05, 3.63) is 10.4 Å². The molecule has 15 heavy (non-hydrogen) atoms. The van der Waals surface area contributed by atoms with E-state index in [0.29, 0.717) is 6.42 Å². The fraction of sp³-hybridized carbons (Fsp3) is 0.875. The van der Waals surface area contributed by atoms with Gasteiger partial charge in [-0.3, -0.25) is 4.79 Å². The molecule has 0 saturated carbocycles. The van der Waals surface area contributed by atoms with E-state index in [0.717, 1.165) is 12.8 Å². The van der Waals surface area contributed by atoms with E-state index in [1.54, 1.807) is 0 Å². The molecule has 0 rings (SSSR count). The molecule has 0 aliphatic heterocycles. The van der Waals surface area contributed by atoms with Crippen LogP contribution in [0.5, 0.6) is 0 Å². The molecule has 7 nitrogen and oxygen atoms in total. The number of azide groups is 1. The minimum atomic E-state index is -2.05. The van der Waals surface area contributed by atoms with Gasteiger partial charge >= 0.3 is 5.97 Å². The molecule has 7 heteroatoms. The summed E-state index contributed by atoms with van der Waals surface area (Å²) in [5.74, 6) is -1.43. The molecule has 0 radical (unpaired) electrons. The number of hydrogen-bond donors (Lipinski definition) is 3. The van der Waals surface area contributed by atoms with Crippen LogP contribution in [0.3, 0.4) is 0 Å². The van der Waals surface area contributed by atoms with Crippen LogP contribution in [-0.4, -0.2) is 27.9 Å². The second-order valence-electron chi connectivity index (χ2n) is 3.42. The van der Waals surface area contributed by atoms with Gasteiger partial charge in [-0.25, -0.2) is 0 Å². The van der Waals surface area contributed by atoms with Crippen LogP contribution in [0.2, 0.25) is 0 Å². The van der Waals surface area contributed by atoms with E-state index in [4.69, 9.17) is 16.4 Å². The average Bonchev–Trinajstić information content (AvgIpc) is 2.14. The van der Waals surface area contributed by atoms with E-state index in [2.05, 4.69) is 10.0 Å². The quantitative estimate of drug-likeness (QED) is 0.332. The second-order valence-corrected chi connectivity index (χ2v) is 3.42. The standard InChI is InChI=1S/C8H16N4O3/c1-2-3-4-6(13)5-8(9,7(14)15)11-12-10/h6,13H,2-5,9H2,1H3,(H,14,15)/t6?,8-/m1/s1. The summed E-state index contributed by atoms with van der Waals surface area (Å²) < 4.78 is 0. The summed E-state index contributed by atoms with van der Waals surface area (Å²) in [6.07, 6.45) is 0.975. The van der Waals surface area contributed by atoms with Crippen molar-refractivity contribution in [2.75, 3.05) is 0 Å². The molecule has 0 saturated heterocycles. The first-order chi connectivity index (χ1) is 6.96. The van der Waals surface area contributed by atoms with Gasteiger partial charge in [-0.15, -0.1) is 0 Å². The molecular formula is C8H16N4O3. The van der Waals surface area contributed by atoms with Crippen LogP contribution in [0.25, 0.3) is 10.4 Å². The molecule has 86 valence electrons. The number of aliphatic hydroxyl groups is 1. The lowest BCUT2D eigenvalue weighted by atomic mass is 10.0. The number of aliphatic carboxylic acids is 1. The van der Waals surface area contributed by atoms with E-state index < -0.39 is 17.7 Å². The number of hydrogen-bond acceptors (Lipinski definition) is 4. The molecular weight excluding hydrogens is 200 g/mol. The van der Waals surface area contributed by atoms with E-state index >= 15 is 0 Å². The Morgan fingerprint density at radius 2 is 2.33 bits per heavy atom. The first kappa shape index (κ1) is 13.7. The van der Waals surface area contributed by atoms with E-state index in [1.165, 1.54) is 0 Å². The highest BCUT2D eigenvalue weighted by Crippen LogP contribution is 2.16. The topological polar surface area (TPSA) is 132 Å². The van der Waals surface area contributed by atoms with Crippen LogP contribution in [-0.2, 0) is 4.79 Å². The third kappa shape index (κ3) is 4.64. The molecule has 0 aromatic carbocycles. The fourth-order valence-electron chi connectivity index (χ4n) is 1.15. The lowest BCUT2D eigenvalue weighted by molar-refractivity contribution is -0.144. The summed E-state index contributed by atoms with van der Waals surface area (Å²) in [5.41, 5.74) is 11.5. The number of aliphatic hydroxyl groups excluding tert-OH is 1. The van der Waals surface area contributed by atoms with Gasteiger partial charge in [-0.1, -0.05) is 24.9 Å². The molecule has 4 N–H and O–H groups in total. The van der Waals surface area contributed by atoms with Gasteiger partial charge in [-0.05, 0) is 12.0 Å². The molecule has 1 unspecified atom stereocenters. The molecule has 0 aliphatic carbocycles. The maximum atomic E-state index is 10.7. The molecule has 0 fully saturated rings. The summed E-state index contributed by atoms with van der Waals surface area (Å²) in [7, 11) is 0. The molecule has 0 aromatic rings. The molecule has 0 heterocycles. The molecule has 0 aromatic heterocycles. The SMILES string of the molecule is CCCCC(O)C[C@@](N)(N=[N+]=[N-])C(=O)O. The van der Waals surface area contributed by atoms with Crippen LogP contribution in [0.1, 0.15) is 32.6 Å². The van der Waals surface area contributed by atoms with E-state index in [-0.39, 0.29) is 6.42 Å². The Labute approximate surface area is 87.5 Å². The molecule has 0 aliphatic rings. The summed E-state index contributed by atoms with van der Waals surface area (Å²) in [6.45, 7) is 1.95. The molecule has 0 bridgehead atoms. The van der Waals surface area contributed by atoms with Gasteiger partial charge in [0.05, 0.1) is 6.10 Å². The van der Waals surface area contributed by atoms with E-state index in [9.17, 15) is 9.90 Å². The first-order valence-electron chi connectivity index (χ1n) is 4.73. The Morgan fingerprint density at radius 1 is 1.73 bits per heavy atom. The summed E-state index contributed by atoms with van der Waals surface area (Å²) in [5, 5.41) is 21.2. The zero-order chi connectivity index (χ0) is 11.9. The van der Waals surface area contributed by atoms with Gasteiger partial charge in [0.1, 0.15) is 0 Å². The Bertz CT molecular complexity index is 261. The number of rotatable bonds is 7. The summed E-state index contributed by atoms with van der Waals surface area (Å²) in [4.78, 5) is 13.1. The Morgan fingerprint density at radius 3 is 2.73 bits per heavy atom. The highest BCUT2D eigenvalue weighted by molar-refractivity contribution is 5.78. The van der Waals surface area contributed by atoms with Crippen LogP contribution in [0.4, 0.5) is 0 Å². The van der Waals surface area contributed by atoms with Crippen molar-refractivity contribution in [1.82, 2.24) is 0 Å². The third-order valence-corrected chi connectivity index (χ3v) is 2.03. The van der Waals surface area contributed by atoms with Crippen molar-refractivity contribution in [3.8, 4) is 0 Å². The zero-order valence-electron chi connectivity index (χ0n) is 8.63. The highest BCUT2D eigenvalue weighted by Gasteiger charge is 2.35. The highest BCUT2D eigenvalue weighted by atomic mass is 16.4. The molecule has 0 amide bonds. The van der Waals surface area contributed by atoms with Crippen LogP contribution in [0, 0.1) is 0 Å². The normalized spacial score (nSPS) is 16.2. The second kappa shape index (κ2) is 6.23. The predicted octanol–water partition coefficient (Wildman–Crippen LogP) is 0.978. The smallest absolute Gasteiger partial charge is 0.329 e. The Hall–Kier alpha value is -1.30. The lowest BCUT2D eigenvalue weighted by Crippen LogP contribution is -2.48. The molecule has 0 spiro atoms. The van der Waals surface area contributed by atoms with Gasteiger partial charge in [0.15, 0.2) is 5.66 Å². The van der Waals surface area contributed by atoms with Crippen molar-refractivity contribution < 1.29 is 15.0 Å². The number of nitrogens with two attached hydrogens (primary N) is 1. The maximum absolute atomic E-state index is 10.7. The molecule has 2 atom stereocenters. The van der Waals surface area contributed by atoms with Gasteiger partial charge in [0.2, 0.25) is 0 Å². The minimum absolute atomic E-state index is 0.271. The predicted molar refractivity (Wildman–Crippen MR) is 53.8 cm³/mol. The first-order valence-corrected chi connectivity index (χ1v) is 4.73. The Kier molecular flexibility index (Phi) is 5.69. The van der Waals surface area contributed by atoms with E-state index in [1.807, 2.05) is 6.92 Å². The average molecular weight is 216 g/mol. The Balaban J connectivity index is 4.41. The van der Waals surface area contributed by atoms with Gasteiger partial charge in [-0.2, -0.15) is 0 Å². The number of unbranched alkanes of at least 4 members (excludes halogenated alkanes) is 1. The third-order valence-electron chi connectivity index (χ3n) is 2.03. The van der Waals surface area contributed by atoms with Crippen molar-refractivity contribution in [3.63, 3.8) is 0 Å². The summed E-state index contributed by atoms with van der Waals surface area (Å²) in [6, 6.07) is 0. The largest absolute Gasteiger partial charge is 0.480 e. The zero-order valence-corrected chi connectivity index (χ0v) is 8.63. The minimum Gasteiger partial charge on any atom is -0.480 e. The number of nitrogens with zero attached hydrogens (tertiary/aromatic N) is 3. The summed E-state index contributed by atoms with van der Waals surface area (Å²) >= 11 is 0. The van der Waals surface area contributed by atoms with Crippen LogP contribution >= 0.6 is 0 Å². The number of carbonyl (C=O) groups is 1. The van der Waals surface area contributed by atoms with Crippen molar-refractivity contribution in [1.29, 1.82) is 0 Å². The van der Waals surface area contributed by atoms with Crippen molar-refractivity contribution in [2.24, 2.45) is 10.8 Å². The maximum Gasteiger partial charge on any atom is 0.329 e. The van der Waals surface area contributed by atoms with Crippen LogP contribution < -0.4 is 5.73 Å². The van der Waals surface area contributed by atoms with Gasteiger partial charge < -0.3 is 15.9 Å². The van der Waals surface area contributed by atoms with Crippen LogP contribution in [0.15, 0.2) is 5.11 Å². The van der Waals surface area contributed by atoms with Crippen molar-refractivity contribution >= 4 is 5.97 Å².